The molecule has 94 valence electrons. The third-order valence-electron chi connectivity index (χ3n) is 1.54. The van der Waals surface area contributed by atoms with Gasteiger partial charge in [-0.25, -0.2) is 9.59 Å². The van der Waals surface area contributed by atoms with Crippen molar-refractivity contribution in [2.24, 2.45) is 0 Å². The average Bonchev–Trinajstić information content (AvgIpc) is 1.97. The van der Waals surface area contributed by atoms with E-state index in [-0.39, 0.29) is 6.54 Å². The van der Waals surface area contributed by atoms with E-state index in [0.717, 1.165) is 0 Å². The Kier molecular flexibility index (Phi) is 5.23. The number of ether oxygens (including phenoxy) is 1. The number of carbonyl (C=O) groups excluding carboxylic acids is 1. The molecule has 1 atom stereocenters. The van der Waals surface area contributed by atoms with E-state index >= 15 is 0 Å². The van der Waals surface area contributed by atoms with E-state index in [1.54, 1.807) is 39.8 Å². The molecular weight excluding hydrogens is 212 g/mol. The maximum atomic E-state index is 11.3. The van der Waals surface area contributed by atoms with Crippen LogP contribution in [0.3, 0.4) is 0 Å². The van der Waals surface area contributed by atoms with Crippen LogP contribution in [0.2, 0.25) is 0 Å². The van der Waals surface area contributed by atoms with Crippen molar-refractivity contribution >= 4 is 12.1 Å². The molecular formula is C10H20N2O4. The third-order valence-corrected chi connectivity index (χ3v) is 1.54. The third kappa shape index (κ3) is 7.05. The van der Waals surface area contributed by atoms with Crippen molar-refractivity contribution in [2.75, 3.05) is 20.6 Å². The topological polar surface area (TPSA) is 78.9 Å². The Balaban J connectivity index is 4.30. The summed E-state index contributed by atoms with van der Waals surface area (Å²) in [4.78, 5) is 23.9. The zero-order valence-corrected chi connectivity index (χ0v) is 10.4. The summed E-state index contributed by atoms with van der Waals surface area (Å²) in [5.41, 5.74) is -0.634. The highest BCUT2D eigenvalue weighted by Crippen LogP contribution is 2.06. The predicted molar refractivity (Wildman–Crippen MR) is 59.3 cm³/mol. The van der Waals surface area contributed by atoms with Gasteiger partial charge in [-0.2, -0.15) is 0 Å². The van der Waals surface area contributed by atoms with Gasteiger partial charge in [0.1, 0.15) is 11.6 Å². The fourth-order valence-electron chi connectivity index (χ4n) is 1.00. The summed E-state index contributed by atoms with van der Waals surface area (Å²) in [5.74, 6) is -1.08. The number of carboxylic acid groups (broad SMARTS) is 1. The van der Waals surface area contributed by atoms with E-state index < -0.39 is 23.7 Å². The normalized spacial score (nSPS) is 13.4. The average molecular weight is 232 g/mol. The Morgan fingerprint density at radius 3 is 2.19 bits per heavy atom. The molecule has 0 aromatic rings. The van der Waals surface area contributed by atoms with Crippen molar-refractivity contribution in [2.45, 2.75) is 32.4 Å². The van der Waals surface area contributed by atoms with E-state index in [0.29, 0.717) is 0 Å². The Labute approximate surface area is 95.6 Å². The second-order valence-electron chi connectivity index (χ2n) is 4.80. The molecule has 0 fully saturated rings. The van der Waals surface area contributed by atoms with Crippen molar-refractivity contribution in [3.05, 3.63) is 0 Å². The van der Waals surface area contributed by atoms with Gasteiger partial charge in [0, 0.05) is 6.54 Å². The fraction of sp³-hybridized carbons (Fsp3) is 0.800. The number of hydrogen-bond acceptors (Lipinski definition) is 4. The highest BCUT2D eigenvalue weighted by molar-refractivity contribution is 5.80. The second-order valence-corrected chi connectivity index (χ2v) is 4.80. The number of carboxylic acids is 1. The lowest BCUT2D eigenvalue weighted by molar-refractivity contribution is -0.139. The fourth-order valence-corrected chi connectivity index (χ4v) is 1.00. The zero-order chi connectivity index (χ0) is 12.9. The van der Waals surface area contributed by atoms with Crippen molar-refractivity contribution in [1.29, 1.82) is 0 Å². The molecule has 1 amide bonds. The number of alkyl carbamates (subject to hydrolysis) is 1. The van der Waals surface area contributed by atoms with Crippen molar-refractivity contribution < 1.29 is 19.4 Å². The number of nitrogens with zero attached hydrogens (tertiary/aromatic N) is 1. The maximum Gasteiger partial charge on any atom is 0.408 e. The molecule has 0 aliphatic heterocycles. The molecule has 0 saturated carbocycles. The van der Waals surface area contributed by atoms with Crippen LogP contribution < -0.4 is 5.32 Å². The van der Waals surface area contributed by atoms with Crippen LogP contribution in [0.25, 0.3) is 0 Å². The quantitative estimate of drug-likeness (QED) is 0.739. The minimum absolute atomic E-state index is 0.217. The van der Waals surface area contributed by atoms with Gasteiger partial charge >= 0.3 is 12.1 Å². The Morgan fingerprint density at radius 1 is 1.38 bits per heavy atom. The monoisotopic (exact) mass is 232 g/mol. The molecule has 0 unspecified atom stereocenters. The van der Waals surface area contributed by atoms with E-state index in [2.05, 4.69) is 5.32 Å². The highest BCUT2D eigenvalue weighted by atomic mass is 16.6. The Hall–Kier alpha value is -1.30. The molecule has 0 aliphatic carbocycles. The summed E-state index contributed by atoms with van der Waals surface area (Å²) in [6, 6.07) is -0.968. The van der Waals surface area contributed by atoms with Crippen LogP contribution in [0.15, 0.2) is 0 Å². The summed E-state index contributed by atoms with van der Waals surface area (Å²) < 4.78 is 4.97. The summed E-state index contributed by atoms with van der Waals surface area (Å²) in [5, 5.41) is 11.2. The minimum atomic E-state index is -1.08. The number of hydrogen-bond donors (Lipinski definition) is 2. The van der Waals surface area contributed by atoms with Crippen LogP contribution in [0, 0.1) is 0 Å². The van der Waals surface area contributed by atoms with E-state index in [1.165, 1.54) is 0 Å². The predicted octanol–water partition coefficient (Wildman–Crippen LogP) is 0.526. The summed E-state index contributed by atoms with van der Waals surface area (Å²) in [7, 11) is 3.46. The first-order valence-corrected chi connectivity index (χ1v) is 4.99. The van der Waals surface area contributed by atoms with Gasteiger partial charge in [-0.05, 0) is 34.9 Å². The van der Waals surface area contributed by atoms with Crippen LogP contribution in [0.1, 0.15) is 20.8 Å². The van der Waals surface area contributed by atoms with Crippen molar-refractivity contribution in [1.82, 2.24) is 10.2 Å². The first-order valence-electron chi connectivity index (χ1n) is 4.99. The molecule has 0 aliphatic rings. The number of amides is 1. The van der Waals surface area contributed by atoms with Gasteiger partial charge in [0.05, 0.1) is 0 Å². The molecule has 16 heavy (non-hydrogen) atoms. The van der Waals surface area contributed by atoms with Crippen LogP contribution >= 0.6 is 0 Å². The van der Waals surface area contributed by atoms with Gasteiger partial charge in [0.25, 0.3) is 0 Å². The molecule has 0 aromatic carbocycles. The smallest absolute Gasteiger partial charge is 0.408 e. The van der Waals surface area contributed by atoms with Crippen LogP contribution in [0.5, 0.6) is 0 Å². The Morgan fingerprint density at radius 2 is 1.88 bits per heavy atom. The largest absolute Gasteiger partial charge is 0.480 e. The standard InChI is InChI=1S/C10H20N2O4/c1-10(2,3)16-9(15)11-7(8(13)14)6-12(4)5/h7H,6H2,1-5H3,(H,11,15)(H,13,14)/t7-/m0/s1. The molecule has 0 heterocycles. The second kappa shape index (κ2) is 5.69. The highest BCUT2D eigenvalue weighted by Gasteiger charge is 2.24. The summed E-state index contributed by atoms with van der Waals surface area (Å²) >= 11 is 0. The molecule has 6 heteroatoms. The van der Waals surface area contributed by atoms with Gasteiger partial charge in [-0.1, -0.05) is 0 Å². The zero-order valence-electron chi connectivity index (χ0n) is 10.4. The van der Waals surface area contributed by atoms with Crippen LogP contribution in [-0.4, -0.2) is 54.4 Å². The molecule has 0 aromatic heterocycles. The molecule has 0 bridgehead atoms. The summed E-state index contributed by atoms with van der Waals surface area (Å²) in [6.07, 6.45) is -0.721. The minimum Gasteiger partial charge on any atom is -0.480 e. The SMILES string of the molecule is CN(C)C[C@H](NC(=O)OC(C)(C)C)C(=O)O. The lowest BCUT2D eigenvalue weighted by Crippen LogP contribution is -2.48. The first-order chi connectivity index (χ1) is 7.11. The summed E-state index contributed by atoms with van der Waals surface area (Å²) in [6.45, 7) is 5.37. The Bertz CT molecular complexity index is 258. The molecule has 0 saturated heterocycles. The van der Waals surface area contributed by atoms with E-state index in [1.807, 2.05) is 0 Å². The maximum absolute atomic E-state index is 11.3. The number of nitrogens with one attached hydrogen (secondary N) is 1. The lowest BCUT2D eigenvalue weighted by atomic mass is 10.2. The molecule has 0 rings (SSSR count). The number of aliphatic carboxylic acids is 1. The van der Waals surface area contributed by atoms with Gasteiger partial charge in [-0.15, -0.1) is 0 Å². The number of likely N-dealkylation sites (N-methyl/N-ethyl adjacent to an activating group) is 1. The van der Waals surface area contributed by atoms with Crippen molar-refractivity contribution in [3.63, 3.8) is 0 Å². The molecule has 2 N–H and O–H groups in total. The van der Waals surface area contributed by atoms with Crippen LogP contribution in [0.4, 0.5) is 4.79 Å². The number of carbonyl (C=O) groups is 2. The molecule has 0 radical (unpaired) electrons. The van der Waals surface area contributed by atoms with E-state index in [9.17, 15) is 9.59 Å². The van der Waals surface area contributed by atoms with Gasteiger partial charge in [0.2, 0.25) is 0 Å². The van der Waals surface area contributed by atoms with E-state index in [4.69, 9.17) is 9.84 Å². The van der Waals surface area contributed by atoms with Gasteiger partial charge in [0.15, 0.2) is 0 Å². The van der Waals surface area contributed by atoms with Gasteiger partial charge < -0.3 is 20.1 Å². The van der Waals surface area contributed by atoms with Crippen molar-refractivity contribution in [3.8, 4) is 0 Å². The molecule has 0 spiro atoms. The lowest BCUT2D eigenvalue weighted by Gasteiger charge is -2.23. The molecule has 6 nitrogen and oxygen atoms in total. The van der Waals surface area contributed by atoms with Gasteiger partial charge in [-0.3, -0.25) is 0 Å². The first kappa shape index (κ1) is 14.7. The number of rotatable bonds is 4. The van der Waals surface area contributed by atoms with Crippen LogP contribution in [-0.2, 0) is 9.53 Å².